The van der Waals surface area contributed by atoms with Crippen molar-refractivity contribution in [2.75, 3.05) is 6.54 Å². The van der Waals surface area contributed by atoms with Crippen molar-refractivity contribution in [3.05, 3.63) is 16.6 Å². The minimum absolute atomic E-state index is 0.269. The van der Waals surface area contributed by atoms with Crippen LogP contribution in [0.4, 0.5) is 0 Å². The quantitative estimate of drug-likeness (QED) is 0.847. The monoisotopic (exact) mass is 239 g/mol. The highest BCUT2D eigenvalue weighted by molar-refractivity contribution is 7.09. The van der Waals surface area contributed by atoms with E-state index in [2.05, 4.69) is 24.1 Å². The van der Waals surface area contributed by atoms with Crippen molar-refractivity contribution < 1.29 is 0 Å². The first-order chi connectivity index (χ1) is 7.62. The van der Waals surface area contributed by atoms with Crippen LogP contribution in [0, 0.1) is 5.41 Å². The smallest absolute Gasteiger partial charge is 0.109 e. The minimum atomic E-state index is 0.269. The van der Waals surface area contributed by atoms with Gasteiger partial charge in [-0.25, -0.2) is 4.98 Å². The molecular weight excluding hydrogens is 218 g/mol. The summed E-state index contributed by atoms with van der Waals surface area (Å²) in [5.41, 5.74) is 6.43. The summed E-state index contributed by atoms with van der Waals surface area (Å²) in [7, 11) is 0. The molecular formula is C12H21N3S. The Bertz CT molecular complexity index is 325. The summed E-state index contributed by atoms with van der Waals surface area (Å²) >= 11 is 1.71. The van der Waals surface area contributed by atoms with Crippen LogP contribution in [0.25, 0.3) is 0 Å². The fourth-order valence-corrected chi connectivity index (χ4v) is 3.07. The Morgan fingerprint density at radius 3 is 3.12 bits per heavy atom. The molecule has 16 heavy (non-hydrogen) atoms. The average Bonchev–Trinajstić information content (AvgIpc) is 2.87. The van der Waals surface area contributed by atoms with E-state index >= 15 is 0 Å². The van der Waals surface area contributed by atoms with Crippen LogP contribution in [0.1, 0.15) is 44.2 Å². The van der Waals surface area contributed by atoms with Gasteiger partial charge >= 0.3 is 0 Å². The van der Waals surface area contributed by atoms with Crippen molar-refractivity contribution in [3.63, 3.8) is 0 Å². The minimum Gasteiger partial charge on any atom is -0.327 e. The molecule has 0 saturated heterocycles. The van der Waals surface area contributed by atoms with Crippen LogP contribution in [-0.4, -0.2) is 17.6 Å². The van der Waals surface area contributed by atoms with Gasteiger partial charge in [0.2, 0.25) is 0 Å². The number of nitrogens with zero attached hydrogens (tertiary/aromatic N) is 1. The van der Waals surface area contributed by atoms with Crippen LogP contribution in [0.5, 0.6) is 0 Å². The third-order valence-electron chi connectivity index (χ3n) is 3.79. The lowest BCUT2D eigenvalue weighted by Crippen LogP contribution is -2.43. The van der Waals surface area contributed by atoms with Crippen LogP contribution in [0.2, 0.25) is 0 Å². The first kappa shape index (κ1) is 12.0. The number of rotatable bonds is 4. The normalized spacial score (nSPS) is 31.8. The summed E-state index contributed by atoms with van der Waals surface area (Å²) in [6.07, 6.45) is 5.54. The standard InChI is InChI=1S/C12H21N3S/c1-9(11-14-6-7-16-11)15-8-12(2)5-3-4-10(12)13/h6-7,9-10,15H,3-5,8,13H2,1-2H3. The Hall–Kier alpha value is -0.450. The fourth-order valence-electron chi connectivity index (χ4n) is 2.40. The van der Waals surface area contributed by atoms with Crippen LogP contribution < -0.4 is 11.1 Å². The van der Waals surface area contributed by atoms with Gasteiger partial charge in [0.15, 0.2) is 0 Å². The molecule has 3 nitrogen and oxygen atoms in total. The SMILES string of the molecule is CC(NCC1(C)CCCC1N)c1nccs1. The van der Waals surface area contributed by atoms with Crippen LogP contribution in [-0.2, 0) is 0 Å². The summed E-state index contributed by atoms with van der Waals surface area (Å²) in [5.74, 6) is 0. The first-order valence-corrected chi connectivity index (χ1v) is 6.88. The number of nitrogens with one attached hydrogen (secondary N) is 1. The van der Waals surface area contributed by atoms with Crippen LogP contribution in [0.15, 0.2) is 11.6 Å². The molecule has 3 N–H and O–H groups in total. The molecule has 1 aliphatic rings. The van der Waals surface area contributed by atoms with Gasteiger partial charge in [0.1, 0.15) is 5.01 Å². The number of thiazole rings is 1. The van der Waals surface area contributed by atoms with Gasteiger partial charge in [0.05, 0.1) is 6.04 Å². The summed E-state index contributed by atoms with van der Waals surface area (Å²) in [5, 5.41) is 6.75. The highest BCUT2D eigenvalue weighted by Gasteiger charge is 2.36. The summed E-state index contributed by atoms with van der Waals surface area (Å²) in [6.45, 7) is 5.46. The van der Waals surface area contributed by atoms with E-state index in [1.54, 1.807) is 11.3 Å². The lowest BCUT2D eigenvalue weighted by atomic mass is 9.85. The van der Waals surface area contributed by atoms with Crippen molar-refractivity contribution in [3.8, 4) is 0 Å². The Kier molecular flexibility index (Phi) is 3.62. The van der Waals surface area contributed by atoms with Gasteiger partial charge in [-0.3, -0.25) is 0 Å². The third kappa shape index (κ3) is 2.44. The van der Waals surface area contributed by atoms with Gasteiger partial charge < -0.3 is 11.1 Å². The molecule has 1 aliphatic carbocycles. The van der Waals surface area contributed by atoms with E-state index in [1.807, 2.05) is 11.6 Å². The predicted octanol–water partition coefficient (Wildman–Crippen LogP) is 2.31. The van der Waals surface area contributed by atoms with Crippen molar-refractivity contribution in [2.24, 2.45) is 11.1 Å². The Morgan fingerprint density at radius 1 is 1.75 bits per heavy atom. The average molecular weight is 239 g/mol. The number of hydrogen-bond donors (Lipinski definition) is 2. The molecule has 0 bridgehead atoms. The largest absolute Gasteiger partial charge is 0.327 e. The Morgan fingerprint density at radius 2 is 2.56 bits per heavy atom. The predicted molar refractivity (Wildman–Crippen MR) is 68.5 cm³/mol. The van der Waals surface area contributed by atoms with Gasteiger partial charge in [-0.1, -0.05) is 13.3 Å². The molecule has 0 radical (unpaired) electrons. The van der Waals surface area contributed by atoms with Crippen molar-refractivity contribution in [1.82, 2.24) is 10.3 Å². The van der Waals surface area contributed by atoms with Gasteiger partial charge in [-0.15, -0.1) is 11.3 Å². The molecule has 1 heterocycles. The van der Waals surface area contributed by atoms with E-state index in [1.165, 1.54) is 19.3 Å². The maximum absolute atomic E-state index is 6.17. The highest BCUT2D eigenvalue weighted by Crippen LogP contribution is 2.36. The molecule has 90 valence electrons. The van der Waals surface area contributed by atoms with E-state index in [-0.39, 0.29) is 5.41 Å². The van der Waals surface area contributed by atoms with Crippen molar-refractivity contribution in [2.45, 2.75) is 45.2 Å². The topological polar surface area (TPSA) is 50.9 Å². The molecule has 1 saturated carbocycles. The first-order valence-electron chi connectivity index (χ1n) is 6.00. The molecule has 1 aromatic rings. The molecule has 3 unspecified atom stereocenters. The Balaban J connectivity index is 1.87. The molecule has 0 aliphatic heterocycles. The number of hydrogen-bond acceptors (Lipinski definition) is 4. The maximum atomic E-state index is 6.17. The zero-order valence-electron chi connectivity index (χ0n) is 10.1. The van der Waals surface area contributed by atoms with Gasteiger partial charge in [-0.2, -0.15) is 0 Å². The van der Waals surface area contributed by atoms with Gasteiger partial charge in [0, 0.05) is 24.2 Å². The molecule has 1 fully saturated rings. The van der Waals surface area contributed by atoms with Crippen molar-refractivity contribution in [1.29, 1.82) is 0 Å². The summed E-state index contributed by atoms with van der Waals surface area (Å²) in [6, 6.07) is 0.688. The second-order valence-electron chi connectivity index (χ2n) is 5.13. The molecule has 1 aromatic heterocycles. The lowest BCUT2D eigenvalue weighted by molar-refractivity contribution is 0.267. The zero-order valence-corrected chi connectivity index (χ0v) is 10.9. The lowest BCUT2D eigenvalue weighted by Gasteiger charge is -2.30. The summed E-state index contributed by atoms with van der Waals surface area (Å²) < 4.78 is 0. The molecule has 2 rings (SSSR count). The molecule has 0 spiro atoms. The van der Waals surface area contributed by atoms with Crippen molar-refractivity contribution >= 4 is 11.3 Å². The van der Waals surface area contributed by atoms with E-state index in [9.17, 15) is 0 Å². The second kappa shape index (κ2) is 4.82. The maximum Gasteiger partial charge on any atom is 0.109 e. The van der Waals surface area contributed by atoms with Gasteiger partial charge in [-0.05, 0) is 25.2 Å². The van der Waals surface area contributed by atoms with E-state index in [0.717, 1.165) is 11.6 Å². The van der Waals surface area contributed by atoms with Crippen LogP contribution >= 0.6 is 11.3 Å². The molecule has 0 aromatic carbocycles. The second-order valence-corrected chi connectivity index (χ2v) is 6.05. The van der Waals surface area contributed by atoms with Crippen LogP contribution in [0.3, 0.4) is 0 Å². The molecule has 4 heteroatoms. The zero-order chi connectivity index (χ0) is 11.6. The molecule has 3 atom stereocenters. The highest BCUT2D eigenvalue weighted by atomic mass is 32.1. The van der Waals surface area contributed by atoms with E-state index < -0.39 is 0 Å². The van der Waals surface area contributed by atoms with E-state index in [4.69, 9.17) is 5.73 Å². The third-order valence-corrected chi connectivity index (χ3v) is 4.75. The Labute approximate surface area is 101 Å². The molecule has 0 amide bonds. The fraction of sp³-hybridized carbons (Fsp3) is 0.750. The van der Waals surface area contributed by atoms with Gasteiger partial charge in [0.25, 0.3) is 0 Å². The number of aromatic nitrogens is 1. The number of nitrogens with two attached hydrogens (primary N) is 1. The van der Waals surface area contributed by atoms with E-state index in [0.29, 0.717) is 12.1 Å². The summed E-state index contributed by atoms with van der Waals surface area (Å²) in [4.78, 5) is 4.33.